The number of pyridine rings is 1. The van der Waals surface area contributed by atoms with Gasteiger partial charge >= 0.3 is 0 Å². The molecule has 0 fully saturated rings. The molecule has 0 atom stereocenters. The number of benzene rings is 4. The van der Waals surface area contributed by atoms with E-state index in [-0.39, 0.29) is 26.5 Å². The third-order valence-corrected chi connectivity index (χ3v) is 8.17. The summed E-state index contributed by atoms with van der Waals surface area (Å²) in [5, 5.41) is 1.71. The average Bonchev–Trinajstić information content (AvgIpc) is 3.59. The molecule has 0 unspecified atom stereocenters. The van der Waals surface area contributed by atoms with Crippen LogP contribution in [0.4, 0.5) is 22.7 Å². The van der Waals surface area contributed by atoms with Gasteiger partial charge in [0.1, 0.15) is 5.06 Å². The zero-order valence-electron chi connectivity index (χ0n) is 23.4. The summed E-state index contributed by atoms with van der Waals surface area (Å²) in [7, 11) is 0. The largest absolute Gasteiger partial charge is 0.493 e. The van der Waals surface area contributed by atoms with Crippen LogP contribution in [0, 0.1) is 18.8 Å². The molecule has 0 N–H and O–H groups in total. The molecule has 42 heavy (non-hydrogen) atoms. The van der Waals surface area contributed by atoms with Crippen LogP contribution in [-0.4, -0.2) is 4.98 Å². The van der Waals surface area contributed by atoms with Crippen molar-refractivity contribution in [2.45, 2.75) is 26.2 Å². The summed E-state index contributed by atoms with van der Waals surface area (Å²) in [4.78, 5) is 9.04. The molecule has 1 aliphatic rings. The molecule has 3 heterocycles. The SMILES string of the molecule is CC(C)(C)c1ccnc(-c2cccc3sc(Oc4[c-]c(N5[CH-]N(c6ccccc6)c6ccccc65)ccc4)[c-]c23)c1.[Pt]. The number of hydrogen-bond acceptors (Lipinski definition) is 5. The second-order valence-corrected chi connectivity index (χ2v) is 12.1. The van der Waals surface area contributed by atoms with Crippen LogP contribution < -0.4 is 14.5 Å². The van der Waals surface area contributed by atoms with Crippen LogP contribution in [-0.2, 0) is 26.5 Å². The molecule has 0 saturated carbocycles. The summed E-state index contributed by atoms with van der Waals surface area (Å²) in [6.07, 6.45) is 1.89. The number of fused-ring (bicyclic) bond motifs is 2. The molecule has 1 aliphatic heterocycles. The third kappa shape index (κ3) is 5.35. The molecule has 4 nitrogen and oxygen atoms in total. The van der Waals surface area contributed by atoms with Crippen molar-refractivity contribution in [3.63, 3.8) is 0 Å². The van der Waals surface area contributed by atoms with E-state index in [9.17, 15) is 0 Å². The predicted molar refractivity (Wildman–Crippen MR) is 169 cm³/mol. The fourth-order valence-corrected chi connectivity index (χ4v) is 6.00. The fourth-order valence-electron chi connectivity index (χ4n) is 5.11. The monoisotopic (exact) mass is 745 g/mol. The maximum Gasteiger partial charge on any atom is 0.107 e. The van der Waals surface area contributed by atoms with Crippen LogP contribution >= 0.6 is 11.3 Å². The van der Waals surface area contributed by atoms with Crippen LogP contribution in [0.1, 0.15) is 26.3 Å². The Hall–Kier alpha value is -3.92. The quantitative estimate of drug-likeness (QED) is 0.164. The molecule has 4 aromatic carbocycles. The van der Waals surface area contributed by atoms with Crippen LogP contribution in [0.5, 0.6) is 10.8 Å². The van der Waals surface area contributed by atoms with Gasteiger partial charge in [0.05, 0.1) is 0 Å². The average molecular weight is 746 g/mol. The van der Waals surface area contributed by atoms with E-state index >= 15 is 0 Å². The third-order valence-electron chi connectivity index (χ3n) is 7.24. The predicted octanol–water partition coefficient (Wildman–Crippen LogP) is 10.1. The number of aromatic nitrogens is 1. The second kappa shape index (κ2) is 11.4. The standard InChI is InChI=1S/C36H28N3OS.Pt/c1-36(2,3)25-19-20-37-31(21-25)29-15-10-18-34-30(29)23-35(41-34)40-28-14-9-13-27(22-28)39-24-38(26-11-5-4-6-12-26)32-16-7-8-17-33(32)39;/h4-21,24H,1-3H3;/q-3;. The van der Waals surface area contributed by atoms with Crippen LogP contribution in [0.15, 0.2) is 109 Å². The first kappa shape index (κ1) is 28.2. The Morgan fingerprint density at radius 2 is 1.52 bits per heavy atom. The first-order chi connectivity index (χ1) is 19.9. The van der Waals surface area contributed by atoms with Crippen LogP contribution in [0.25, 0.3) is 21.3 Å². The van der Waals surface area contributed by atoms with Gasteiger partial charge in [0.15, 0.2) is 0 Å². The Labute approximate surface area is 265 Å². The van der Waals surface area contributed by atoms with Crippen LogP contribution in [0.3, 0.4) is 0 Å². The maximum atomic E-state index is 6.36. The van der Waals surface area contributed by atoms with Gasteiger partial charge in [-0.3, -0.25) is 4.98 Å². The van der Waals surface area contributed by atoms with E-state index in [0.29, 0.717) is 10.8 Å². The number of nitrogens with zero attached hydrogens (tertiary/aromatic N) is 3. The number of thiophene rings is 1. The Bertz CT molecular complexity index is 1860. The number of rotatable bonds is 5. The Morgan fingerprint density at radius 1 is 0.786 bits per heavy atom. The Balaban J connectivity index is 0.00000316. The van der Waals surface area contributed by atoms with Gasteiger partial charge in [-0.2, -0.15) is 22.8 Å². The van der Waals surface area contributed by atoms with E-state index in [0.717, 1.165) is 44.1 Å². The smallest absolute Gasteiger partial charge is 0.107 e. The minimum absolute atomic E-state index is 0. The summed E-state index contributed by atoms with van der Waals surface area (Å²) >= 11 is 1.58. The summed E-state index contributed by atoms with van der Waals surface area (Å²) in [6, 6.07) is 42.3. The van der Waals surface area contributed by atoms with Gasteiger partial charge in [0.25, 0.3) is 0 Å². The van der Waals surface area contributed by atoms with Gasteiger partial charge in [-0.15, -0.1) is 54.3 Å². The van der Waals surface area contributed by atoms with Gasteiger partial charge in [0.2, 0.25) is 0 Å². The molecule has 7 rings (SSSR count). The zero-order valence-corrected chi connectivity index (χ0v) is 26.5. The van der Waals surface area contributed by atoms with Crippen molar-refractivity contribution in [3.8, 4) is 22.1 Å². The number of anilines is 4. The van der Waals surface area contributed by atoms with E-state index < -0.39 is 0 Å². The first-order valence-corrected chi connectivity index (χ1v) is 14.5. The molecule has 0 saturated heterocycles. The van der Waals surface area contributed by atoms with Crippen molar-refractivity contribution in [2.24, 2.45) is 0 Å². The van der Waals surface area contributed by atoms with Gasteiger partial charge in [-0.1, -0.05) is 61.9 Å². The molecule has 0 aliphatic carbocycles. The number of hydrogen-bond donors (Lipinski definition) is 0. The molecular weight excluding hydrogens is 718 g/mol. The zero-order chi connectivity index (χ0) is 28.0. The summed E-state index contributed by atoms with van der Waals surface area (Å²) in [5.74, 6) is 0.642. The minimum atomic E-state index is 0. The van der Waals surface area contributed by atoms with E-state index in [1.54, 1.807) is 11.3 Å². The molecule has 6 aromatic rings. The molecule has 0 spiro atoms. The summed E-state index contributed by atoms with van der Waals surface area (Å²) in [6.45, 7) is 8.76. The molecule has 212 valence electrons. The minimum Gasteiger partial charge on any atom is -0.493 e. The number of ether oxygens (including phenoxy) is 1. The topological polar surface area (TPSA) is 28.6 Å². The summed E-state index contributed by atoms with van der Waals surface area (Å²) in [5.41, 5.74) is 7.52. The molecule has 0 radical (unpaired) electrons. The summed E-state index contributed by atoms with van der Waals surface area (Å²) < 4.78 is 7.47. The van der Waals surface area contributed by atoms with Gasteiger partial charge < -0.3 is 14.5 Å². The first-order valence-electron chi connectivity index (χ1n) is 13.6. The van der Waals surface area contributed by atoms with Crippen molar-refractivity contribution < 1.29 is 25.8 Å². The Kier molecular flexibility index (Phi) is 7.65. The van der Waals surface area contributed by atoms with Gasteiger partial charge in [-0.05, 0) is 47.4 Å². The normalized spacial score (nSPS) is 12.7. The van der Waals surface area contributed by atoms with E-state index in [1.165, 1.54) is 5.56 Å². The molecule has 0 bridgehead atoms. The van der Waals surface area contributed by atoms with Crippen molar-refractivity contribution in [2.75, 3.05) is 9.80 Å². The van der Waals surface area contributed by atoms with E-state index in [1.807, 2.05) is 24.4 Å². The van der Waals surface area contributed by atoms with Crippen molar-refractivity contribution in [1.29, 1.82) is 0 Å². The van der Waals surface area contributed by atoms with Gasteiger partial charge in [0, 0.05) is 55.8 Å². The number of para-hydroxylation sites is 3. The molecular formula is C36H28N3OPtS-3. The van der Waals surface area contributed by atoms with Gasteiger partial charge in [-0.25, -0.2) is 0 Å². The van der Waals surface area contributed by atoms with Crippen molar-refractivity contribution in [3.05, 3.63) is 134 Å². The molecule has 2 aromatic heterocycles. The maximum absolute atomic E-state index is 6.36. The Morgan fingerprint density at radius 3 is 2.31 bits per heavy atom. The second-order valence-electron chi connectivity index (χ2n) is 11.1. The van der Waals surface area contributed by atoms with Crippen LogP contribution in [0.2, 0.25) is 0 Å². The molecule has 6 heteroatoms. The van der Waals surface area contributed by atoms with E-state index in [4.69, 9.17) is 9.72 Å². The molecule has 0 amide bonds. The van der Waals surface area contributed by atoms with Crippen molar-refractivity contribution in [1.82, 2.24) is 4.98 Å². The van der Waals surface area contributed by atoms with E-state index in [2.05, 4.69) is 134 Å². The fraction of sp³-hybridized carbons (Fsp3) is 0.111. The van der Waals surface area contributed by atoms with Crippen molar-refractivity contribution >= 4 is 44.2 Å².